The molecule has 0 radical (unpaired) electrons. The lowest BCUT2D eigenvalue weighted by Gasteiger charge is -2.32. The average Bonchev–Trinajstić information content (AvgIpc) is 2.66. The SMILES string of the molecule is CCC(CC)(CN)NC(=O)C1C(C)(C)C1(C)C. The van der Waals surface area contributed by atoms with Gasteiger partial charge >= 0.3 is 0 Å². The van der Waals surface area contributed by atoms with Gasteiger partial charge in [0.15, 0.2) is 0 Å². The first-order valence-electron chi connectivity index (χ1n) is 6.70. The van der Waals surface area contributed by atoms with E-state index >= 15 is 0 Å². The summed E-state index contributed by atoms with van der Waals surface area (Å²) in [4.78, 5) is 12.4. The summed E-state index contributed by atoms with van der Waals surface area (Å²) in [6.45, 7) is 13.3. The van der Waals surface area contributed by atoms with Crippen molar-refractivity contribution >= 4 is 5.91 Å². The van der Waals surface area contributed by atoms with E-state index in [-0.39, 0.29) is 28.2 Å². The van der Waals surface area contributed by atoms with Crippen LogP contribution in [0.2, 0.25) is 0 Å². The van der Waals surface area contributed by atoms with E-state index in [1.807, 2.05) is 0 Å². The molecule has 1 fully saturated rings. The Balaban J connectivity index is 2.75. The maximum atomic E-state index is 12.4. The number of rotatable bonds is 5. The average molecular weight is 240 g/mol. The van der Waals surface area contributed by atoms with Crippen LogP contribution in [0.3, 0.4) is 0 Å². The van der Waals surface area contributed by atoms with Crippen molar-refractivity contribution in [3.05, 3.63) is 0 Å². The summed E-state index contributed by atoms with van der Waals surface area (Å²) in [7, 11) is 0. The lowest BCUT2D eigenvalue weighted by atomic mass is 9.92. The third kappa shape index (κ3) is 2.10. The Labute approximate surface area is 106 Å². The zero-order valence-electron chi connectivity index (χ0n) is 12.2. The standard InChI is InChI=1S/C14H28N2O/c1-7-14(8-2,9-15)16-11(17)10-12(3,4)13(10,5)6/h10H,7-9,15H2,1-6H3,(H,16,17). The van der Waals surface area contributed by atoms with Gasteiger partial charge in [-0.15, -0.1) is 0 Å². The Hall–Kier alpha value is -0.570. The number of carbonyl (C=O) groups is 1. The van der Waals surface area contributed by atoms with Crippen molar-refractivity contribution in [2.45, 2.75) is 59.9 Å². The Morgan fingerprint density at radius 2 is 1.59 bits per heavy atom. The van der Waals surface area contributed by atoms with Gasteiger partial charge in [0.2, 0.25) is 5.91 Å². The highest BCUT2D eigenvalue weighted by molar-refractivity contribution is 5.84. The van der Waals surface area contributed by atoms with Gasteiger partial charge in [0.1, 0.15) is 0 Å². The summed E-state index contributed by atoms with van der Waals surface area (Å²) in [6, 6.07) is 0. The maximum absolute atomic E-state index is 12.4. The molecule has 0 aromatic carbocycles. The lowest BCUT2D eigenvalue weighted by molar-refractivity contribution is -0.125. The van der Waals surface area contributed by atoms with Crippen LogP contribution in [0.4, 0.5) is 0 Å². The van der Waals surface area contributed by atoms with Crippen molar-refractivity contribution in [1.29, 1.82) is 0 Å². The van der Waals surface area contributed by atoms with E-state index < -0.39 is 0 Å². The second-order valence-corrected chi connectivity index (χ2v) is 6.56. The molecule has 3 heteroatoms. The molecule has 0 aliphatic heterocycles. The molecule has 3 nitrogen and oxygen atoms in total. The van der Waals surface area contributed by atoms with Crippen molar-refractivity contribution in [2.24, 2.45) is 22.5 Å². The van der Waals surface area contributed by atoms with Crippen LogP contribution in [-0.4, -0.2) is 18.0 Å². The molecule has 0 aromatic rings. The number of hydrogen-bond acceptors (Lipinski definition) is 2. The van der Waals surface area contributed by atoms with Crippen LogP contribution in [0.25, 0.3) is 0 Å². The predicted molar refractivity (Wildman–Crippen MR) is 71.6 cm³/mol. The van der Waals surface area contributed by atoms with Crippen LogP contribution in [0, 0.1) is 16.7 Å². The Bertz CT molecular complexity index is 281. The monoisotopic (exact) mass is 240 g/mol. The molecule has 0 unspecified atom stereocenters. The summed E-state index contributed by atoms with van der Waals surface area (Å²) in [5.74, 6) is 0.285. The number of nitrogens with one attached hydrogen (secondary N) is 1. The molecule has 0 aromatic heterocycles. The number of amides is 1. The van der Waals surface area contributed by atoms with Crippen LogP contribution in [0.1, 0.15) is 54.4 Å². The van der Waals surface area contributed by atoms with Crippen LogP contribution < -0.4 is 11.1 Å². The first-order chi connectivity index (χ1) is 7.68. The molecule has 0 saturated heterocycles. The van der Waals surface area contributed by atoms with Crippen LogP contribution >= 0.6 is 0 Å². The molecule has 0 heterocycles. The highest BCUT2D eigenvalue weighted by Crippen LogP contribution is 2.68. The van der Waals surface area contributed by atoms with Crippen LogP contribution in [-0.2, 0) is 4.79 Å². The van der Waals surface area contributed by atoms with Crippen LogP contribution in [0.5, 0.6) is 0 Å². The lowest BCUT2D eigenvalue weighted by Crippen LogP contribution is -2.53. The van der Waals surface area contributed by atoms with Crippen molar-refractivity contribution in [2.75, 3.05) is 6.54 Å². The van der Waals surface area contributed by atoms with Gasteiger partial charge in [0.25, 0.3) is 0 Å². The highest BCUT2D eigenvalue weighted by atomic mass is 16.2. The fourth-order valence-electron chi connectivity index (χ4n) is 2.95. The number of nitrogens with two attached hydrogens (primary N) is 1. The summed E-state index contributed by atoms with van der Waals surface area (Å²) in [5, 5.41) is 3.19. The molecule has 1 saturated carbocycles. The van der Waals surface area contributed by atoms with Gasteiger partial charge in [-0.2, -0.15) is 0 Å². The van der Waals surface area contributed by atoms with E-state index in [4.69, 9.17) is 5.73 Å². The predicted octanol–water partition coefficient (Wildman–Crippen LogP) is 2.30. The van der Waals surface area contributed by atoms with E-state index in [9.17, 15) is 4.79 Å². The van der Waals surface area contributed by atoms with Gasteiger partial charge in [-0.25, -0.2) is 0 Å². The minimum Gasteiger partial charge on any atom is -0.349 e. The Kier molecular flexibility index (Phi) is 3.64. The molecule has 17 heavy (non-hydrogen) atoms. The van der Waals surface area contributed by atoms with Crippen molar-refractivity contribution < 1.29 is 4.79 Å². The molecule has 0 bridgehead atoms. The Morgan fingerprint density at radius 3 is 1.82 bits per heavy atom. The van der Waals surface area contributed by atoms with Crippen molar-refractivity contribution in [3.63, 3.8) is 0 Å². The summed E-state index contributed by atoms with van der Waals surface area (Å²) < 4.78 is 0. The quantitative estimate of drug-likeness (QED) is 0.774. The zero-order chi connectivity index (χ0) is 13.5. The highest BCUT2D eigenvalue weighted by Gasteiger charge is 2.68. The van der Waals surface area contributed by atoms with Gasteiger partial charge in [0.05, 0.1) is 5.54 Å². The fraction of sp³-hybridized carbons (Fsp3) is 0.929. The second kappa shape index (κ2) is 4.27. The zero-order valence-corrected chi connectivity index (χ0v) is 12.2. The third-order valence-corrected chi connectivity index (χ3v) is 5.42. The largest absolute Gasteiger partial charge is 0.349 e. The van der Waals surface area contributed by atoms with Gasteiger partial charge in [0, 0.05) is 12.5 Å². The summed E-state index contributed by atoms with van der Waals surface area (Å²) in [5.41, 5.74) is 5.79. The first-order valence-corrected chi connectivity index (χ1v) is 6.70. The van der Waals surface area contributed by atoms with Gasteiger partial charge < -0.3 is 11.1 Å². The van der Waals surface area contributed by atoms with Crippen LogP contribution in [0.15, 0.2) is 0 Å². The Morgan fingerprint density at radius 1 is 1.18 bits per heavy atom. The van der Waals surface area contributed by atoms with Crippen molar-refractivity contribution in [1.82, 2.24) is 5.32 Å². The molecular formula is C14H28N2O. The molecule has 1 aliphatic rings. The normalized spacial score (nSPS) is 22.3. The molecular weight excluding hydrogens is 212 g/mol. The minimum atomic E-state index is -0.216. The molecule has 0 spiro atoms. The molecule has 3 N–H and O–H groups in total. The van der Waals surface area contributed by atoms with E-state index in [0.717, 1.165) is 12.8 Å². The molecule has 1 amide bonds. The maximum Gasteiger partial charge on any atom is 0.224 e. The second-order valence-electron chi connectivity index (χ2n) is 6.56. The smallest absolute Gasteiger partial charge is 0.224 e. The molecule has 1 rings (SSSR count). The minimum absolute atomic E-state index is 0.0961. The summed E-state index contributed by atoms with van der Waals surface area (Å²) >= 11 is 0. The van der Waals surface area contributed by atoms with Gasteiger partial charge in [-0.1, -0.05) is 41.5 Å². The van der Waals surface area contributed by atoms with Gasteiger partial charge in [-0.3, -0.25) is 4.79 Å². The molecule has 0 atom stereocenters. The third-order valence-electron chi connectivity index (χ3n) is 5.42. The van der Waals surface area contributed by atoms with E-state index in [1.165, 1.54) is 0 Å². The summed E-state index contributed by atoms with van der Waals surface area (Å²) in [6.07, 6.45) is 1.78. The first kappa shape index (κ1) is 14.5. The van der Waals surface area contributed by atoms with E-state index in [0.29, 0.717) is 6.54 Å². The van der Waals surface area contributed by atoms with E-state index in [2.05, 4.69) is 46.9 Å². The number of carbonyl (C=O) groups excluding carboxylic acids is 1. The fourth-order valence-corrected chi connectivity index (χ4v) is 2.95. The molecule has 1 aliphatic carbocycles. The molecule has 100 valence electrons. The van der Waals surface area contributed by atoms with Gasteiger partial charge in [-0.05, 0) is 23.7 Å². The van der Waals surface area contributed by atoms with E-state index in [1.54, 1.807) is 0 Å². The topological polar surface area (TPSA) is 55.1 Å². The van der Waals surface area contributed by atoms with Crippen molar-refractivity contribution in [3.8, 4) is 0 Å². The number of hydrogen-bond donors (Lipinski definition) is 2.